The molecule has 0 radical (unpaired) electrons. The molecule has 0 aliphatic carbocycles. The average Bonchev–Trinajstić information content (AvgIpc) is 3.16. The number of hydrogen-bond acceptors (Lipinski definition) is 3. The van der Waals surface area contributed by atoms with Gasteiger partial charge in [0.1, 0.15) is 0 Å². The van der Waals surface area contributed by atoms with Crippen molar-refractivity contribution in [3.63, 3.8) is 0 Å². The first kappa shape index (κ1) is 14.1. The molecule has 1 aliphatic heterocycles. The van der Waals surface area contributed by atoms with Crippen LogP contribution in [0.4, 0.5) is 4.79 Å². The number of thiazole rings is 1. The second kappa shape index (κ2) is 5.85. The first-order valence-electron chi connectivity index (χ1n) is 7.09. The zero-order chi connectivity index (χ0) is 14.8. The smallest absolute Gasteiger partial charge is 0.320 e. The Morgan fingerprint density at radius 3 is 2.71 bits per heavy atom. The normalized spacial score (nSPS) is 21.5. The van der Waals surface area contributed by atoms with Crippen LogP contribution in [0.5, 0.6) is 0 Å². The molecule has 110 valence electrons. The fourth-order valence-electron chi connectivity index (χ4n) is 2.91. The van der Waals surface area contributed by atoms with Gasteiger partial charge in [0.2, 0.25) is 0 Å². The number of hydrogen-bond donors (Lipinski definition) is 0. The summed E-state index contributed by atoms with van der Waals surface area (Å²) in [5.41, 5.74) is 1.20. The fraction of sp³-hybridized carbons (Fsp3) is 0.375. The molecule has 0 saturated carbocycles. The van der Waals surface area contributed by atoms with Crippen molar-refractivity contribution in [3.05, 3.63) is 52.5 Å². The Morgan fingerprint density at radius 2 is 2.10 bits per heavy atom. The Kier molecular flexibility index (Phi) is 3.92. The number of rotatable bonds is 2. The molecule has 2 amide bonds. The Hall–Kier alpha value is -1.88. The highest BCUT2D eigenvalue weighted by molar-refractivity contribution is 7.09. The van der Waals surface area contributed by atoms with Gasteiger partial charge >= 0.3 is 6.03 Å². The molecule has 2 atom stereocenters. The summed E-state index contributed by atoms with van der Waals surface area (Å²) in [6, 6.07) is 10.5. The largest absolute Gasteiger partial charge is 0.331 e. The summed E-state index contributed by atoms with van der Waals surface area (Å²) in [6.07, 6.45) is 2.78. The molecule has 2 heterocycles. The molecule has 2 aromatic rings. The van der Waals surface area contributed by atoms with Gasteiger partial charge in [-0.1, -0.05) is 30.3 Å². The first-order chi connectivity index (χ1) is 10.2. The second-order valence-corrected chi connectivity index (χ2v) is 6.48. The highest BCUT2D eigenvalue weighted by atomic mass is 32.1. The fourth-order valence-corrected chi connectivity index (χ4v) is 3.66. The van der Waals surface area contributed by atoms with Gasteiger partial charge in [-0.3, -0.25) is 0 Å². The van der Waals surface area contributed by atoms with Crippen LogP contribution >= 0.6 is 11.3 Å². The Bertz CT molecular complexity index is 597. The average molecular weight is 301 g/mol. The van der Waals surface area contributed by atoms with Crippen molar-refractivity contribution in [2.75, 3.05) is 20.6 Å². The van der Waals surface area contributed by atoms with Crippen LogP contribution in [-0.4, -0.2) is 41.5 Å². The van der Waals surface area contributed by atoms with E-state index in [1.165, 1.54) is 5.56 Å². The van der Waals surface area contributed by atoms with E-state index in [0.29, 0.717) is 5.92 Å². The Labute approximate surface area is 129 Å². The lowest BCUT2D eigenvalue weighted by atomic mass is 10.0. The van der Waals surface area contributed by atoms with Crippen LogP contribution < -0.4 is 0 Å². The zero-order valence-corrected chi connectivity index (χ0v) is 13.1. The second-order valence-electron chi connectivity index (χ2n) is 5.56. The van der Waals surface area contributed by atoms with Crippen molar-refractivity contribution >= 4 is 17.4 Å². The summed E-state index contributed by atoms with van der Waals surface area (Å²) >= 11 is 1.68. The van der Waals surface area contributed by atoms with E-state index >= 15 is 0 Å². The van der Waals surface area contributed by atoms with Crippen molar-refractivity contribution in [1.29, 1.82) is 0 Å². The highest BCUT2D eigenvalue weighted by Crippen LogP contribution is 2.41. The predicted octanol–water partition coefficient (Wildman–Crippen LogP) is 3.36. The van der Waals surface area contributed by atoms with E-state index in [4.69, 9.17) is 0 Å². The molecule has 1 aromatic heterocycles. The molecule has 21 heavy (non-hydrogen) atoms. The number of benzene rings is 1. The van der Waals surface area contributed by atoms with Crippen LogP contribution in [0.2, 0.25) is 0 Å². The third-order valence-electron chi connectivity index (χ3n) is 3.91. The van der Waals surface area contributed by atoms with Gasteiger partial charge in [0, 0.05) is 38.1 Å². The molecular weight excluding hydrogens is 282 g/mol. The van der Waals surface area contributed by atoms with Crippen LogP contribution in [0.3, 0.4) is 0 Å². The number of urea groups is 1. The van der Waals surface area contributed by atoms with E-state index in [1.807, 2.05) is 34.7 Å². The molecule has 3 rings (SSSR count). The van der Waals surface area contributed by atoms with E-state index in [9.17, 15) is 4.79 Å². The van der Waals surface area contributed by atoms with Gasteiger partial charge in [0.05, 0.1) is 11.0 Å². The summed E-state index contributed by atoms with van der Waals surface area (Å²) in [5.74, 6) is 0.333. The van der Waals surface area contributed by atoms with Crippen LogP contribution in [0, 0.1) is 0 Å². The maximum Gasteiger partial charge on any atom is 0.320 e. The van der Waals surface area contributed by atoms with Gasteiger partial charge in [-0.25, -0.2) is 9.78 Å². The molecule has 1 aliphatic rings. The van der Waals surface area contributed by atoms with Crippen molar-refractivity contribution in [2.24, 2.45) is 0 Å². The Morgan fingerprint density at radius 1 is 1.33 bits per heavy atom. The third kappa shape index (κ3) is 2.78. The maximum absolute atomic E-state index is 12.5. The van der Waals surface area contributed by atoms with Crippen LogP contribution in [-0.2, 0) is 0 Å². The van der Waals surface area contributed by atoms with Crippen molar-refractivity contribution in [2.45, 2.75) is 18.4 Å². The molecule has 0 spiro atoms. The maximum atomic E-state index is 12.5. The van der Waals surface area contributed by atoms with E-state index in [2.05, 4.69) is 17.1 Å². The summed E-state index contributed by atoms with van der Waals surface area (Å²) in [6.45, 7) is 0.740. The van der Waals surface area contributed by atoms with Crippen LogP contribution in [0.1, 0.15) is 29.0 Å². The van der Waals surface area contributed by atoms with E-state index in [1.54, 1.807) is 30.3 Å². The molecule has 0 bridgehead atoms. The van der Waals surface area contributed by atoms with Gasteiger partial charge in [-0.15, -0.1) is 11.3 Å². The summed E-state index contributed by atoms with van der Waals surface area (Å²) in [4.78, 5) is 20.5. The molecule has 4 nitrogen and oxygen atoms in total. The number of carbonyl (C=O) groups excluding carboxylic acids is 1. The number of carbonyl (C=O) groups is 1. The third-order valence-corrected chi connectivity index (χ3v) is 4.85. The molecule has 1 saturated heterocycles. The highest BCUT2D eigenvalue weighted by Gasteiger charge is 2.38. The zero-order valence-electron chi connectivity index (χ0n) is 12.3. The molecule has 5 heteroatoms. The van der Waals surface area contributed by atoms with Gasteiger partial charge in [0.25, 0.3) is 0 Å². The Balaban J connectivity index is 1.89. The van der Waals surface area contributed by atoms with Crippen molar-refractivity contribution in [1.82, 2.24) is 14.8 Å². The molecule has 1 aromatic carbocycles. The monoisotopic (exact) mass is 301 g/mol. The lowest BCUT2D eigenvalue weighted by Crippen LogP contribution is -2.39. The van der Waals surface area contributed by atoms with Crippen LogP contribution in [0.15, 0.2) is 41.9 Å². The van der Waals surface area contributed by atoms with Crippen molar-refractivity contribution in [3.8, 4) is 0 Å². The van der Waals surface area contributed by atoms with E-state index < -0.39 is 0 Å². The summed E-state index contributed by atoms with van der Waals surface area (Å²) < 4.78 is 0. The van der Waals surface area contributed by atoms with Gasteiger partial charge < -0.3 is 9.80 Å². The van der Waals surface area contributed by atoms with Crippen molar-refractivity contribution < 1.29 is 4.79 Å². The lowest BCUT2D eigenvalue weighted by Gasteiger charge is -2.28. The lowest BCUT2D eigenvalue weighted by molar-refractivity contribution is 0.166. The first-order valence-corrected chi connectivity index (χ1v) is 7.97. The SMILES string of the molecule is CN(C)C(=O)N1CC(c2nccs2)C[C@H]1c1ccccc1. The van der Waals surface area contributed by atoms with Gasteiger partial charge in [-0.05, 0) is 12.0 Å². The predicted molar refractivity (Wildman–Crippen MR) is 84.4 cm³/mol. The minimum atomic E-state index is 0.0721. The summed E-state index contributed by atoms with van der Waals surface area (Å²) in [7, 11) is 3.61. The standard InChI is InChI=1S/C16H19N3OS/c1-18(2)16(20)19-11-13(15-17-8-9-21-15)10-14(19)12-6-4-3-5-7-12/h3-9,13-14H,10-11H2,1-2H3/t13?,14-/m0/s1. The summed E-state index contributed by atoms with van der Waals surface area (Å²) in [5, 5.41) is 3.13. The molecular formula is C16H19N3OS. The molecule has 1 fully saturated rings. The number of nitrogens with zero attached hydrogens (tertiary/aromatic N) is 3. The van der Waals surface area contributed by atoms with E-state index in [-0.39, 0.29) is 12.1 Å². The molecule has 1 unspecified atom stereocenters. The number of likely N-dealkylation sites (tertiary alicyclic amines) is 1. The van der Waals surface area contributed by atoms with E-state index in [0.717, 1.165) is 18.0 Å². The molecule has 0 N–H and O–H groups in total. The van der Waals surface area contributed by atoms with Gasteiger partial charge in [-0.2, -0.15) is 0 Å². The van der Waals surface area contributed by atoms with Crippen LogP contribution in [0.25, 0.3) is 0 Å². The minimum absolute atomic E-state index is 0.0721. The topological polar surface area (TPSA) is 36.4 Å². The quantitative estimate of drug-likeness (QED) is 0.853. The van der Waals surface area contributed by atoms with Gasteiger partial charge in [0.15, 0.2) is 0 Å². The number of amides is 2. The number of aromatic nitrogens is 1. The minimum Gasteiger partial charge on any atom is -0.331 e.